The lowest BCUT2D eigenvalue weighted by Gasteiger charge is -2.10. The third kappa shape index (κ3) is 7.11. The predicted molar refractivity (Wildman–Crippen MR) is 109 cm³/mol. The molecule has 7 nitrogen and oxygen atoms in total. The Morgan fingerprint density at radius 3 is 2.57 bits per heavy atom. The number of rotatable bonds is 10. The molecule has 2 amide bonds. The molecule has 7 heteroatoms. The average molecular weight is 383 g/mol. The number of benzene rings is 2. The number of unbranched alkanes of at least 4 members (excludes halogenated alkanes) is 1. The largest absolute Gasteiger partial charge is 0.493 e. The molecule has 0 bridgehead atoms. The van der Waals surface area contributed by atoms with Gasteiger partial charge in [0.2, 0.25) is 11.8 Å². The van der Waals surface area contributed by atoms with Gasteiger partial charge in [-0.25, -0.2) is 5.43 Å². The van der Waals surface area contributed by atoms with E-state index >= 15 is 0 Å². The van der Waals surface area contributed by atoms with Crippen LogP contribution in [0.3, 0.4) is 0 Å². The van der Waals surface area contributed by atoms with Crippen LogP contribution >= 0.6 is 0 Å². The van der Waals surface area contributed by atoms with Gasteiger partial charge in [0, 0.05) is 5.69 Å². The Kier molecular flexibility index (Phi) is 8.52. The molecule has 0 fully saturated rings. The zero-order valence-corrected chi connectivity index (χ0v) is 16.1. The van der Waals surface area contributed by atoms with E-state index in [0.29, 0.717) is 23.8 Å². The van der Waals surface area contributed by atoms with Crippen molar-refractivity contribution in [1.29, 1.82) is 0 Å². The quantitative estimate of drug-likeness (QED) is 0.285. The van der Waals surface area contributed by atoms with Crippen molar-refractivity contribution in [1.82, 2.24) is 5.43 Å². The van der Waals surface area contributed by atoms with Crippen molar-refractivity contribution in [2.45, 2.75) is 26.2 Å². The van der Waals surface area contributed by atoms with Gasteiger partial charge in [-0.15, -0.1) is 0 Å². The fourth-order valence-corrected chi connectivity index (χ4v) is 2.30. The monoisotopic (exact) mass is 383 g/mol. The first-order chi connectivity index (χ1) is 13.6. The highest BCUT2D eigenvalue weighted by Gasteiger charge is 2.09. The van der Waals surface area contributed by atoms with Gasteiger partial charge in [-0.2, -0.15) is 5.10 Å². The number of carbonyl (C=O) groups is 2. The molecule has 0 spiro atoms. The normalized spacial score (nSPS) is 10.5. The van der Waals surface area contributed by atoms with Crippen LogP contribution in [0.25, 0.3) is 0 Å². The summed E-state index contributed by atoms with van der Waals surface area (Å²) in [6.45, 7) is 2.72. The summed E-state index contributed by atoms with van der Waals surface area (Å²) in [6, 6.07) is 14.3. The van der Waals surface area contributed by atoms with E-state index < -0.39 is 11.8 Å². The molecular weight excluding hydrogens is 358 g/mol. The average Bonchev–Trinajstić information content (AvgIpc) is 2.69. The summed E-state index contributed by atoms with van der Waals surface area (Å²) in [5, 5.41) is 6.52. The van der Waals surface area contributed by atoms with Crippen LogP contribution in [-0.2, 0) is 9.59 Å². The molecule has 2 aromatic rings. The molecule has 2 N–H and O–H groups in total. The lowest BCUT2D eigenvalue weighted by atomic mass is 10.2. The van der Waals surface area contributed by atoms with Crippen LogP contribution in [-0.4, -0.2) is 31.7 Å². The molecule has 0 atom stereocenters. The van der Waals surface area contributed by atoms with Crippen molar-refractivity contribution in [3.8, 4) is 11.5 Å². The van der Waals surface area contributed by atoms with E-state index in [2.05, 4.69) is 22.8 Å². The van der Waals surface area contributed by atoms with E-state index in [-0.39, 0.29) is 6.42 Å². The van der Waals surface area contributed by atoms with Gasteiger partial charge >= 0.3 is 0 Å². The minimum atomic E-state index is -0.504. The fraction of sp³-hybridized carbons (Fsp3) is 0.286. The maximum Gasteiger partial charge on any atom is 0.249 e. The van der Waals surface area contributed by atoms with Gasteiger partial charge in [-0.05, 0) is 42.3 Å². The van der Waals surface area contributed by atoms with Crippen LogP contribution < -0.4 is 20.2 Å². The second kappa shape index (κ2) is 11.4. The van der Waals surface area contributed by atoms with Crippen molar-refractivity contribution in [2.75, 3.05) is 19.0 Å². The Bertz CT molecular complexity index is 807. The van der Waals surface area contributed by atoms with Crippen molar-refractivity contribution in [3.05, 3.63) is 54.1 Å². The molecule has 0 heterocycles. The van der Waals surface area contributed by atoms with Gasteiger partial charge in [-0.1, -0.05) is 31.5 Å². The Morgan fingerprint density at radius 2 is 1.86 bits per heavy atom. The molecule has 28 heavy (non-hydrogen) atoms. The number of hydrogen-bond donors (Lipinski definition) is 2. The highest BCUT2D eigenvalue weighted by atomic mass is 16.5. The second-order valence-electron chi connectivity index (χ2n) is 6.00. The molecule has 0 radical (unpaired) electrons. The predicted octanol–water partition coefficient (Wildman–Crippen LogP) is 3.35. The van der Waals surface area contributed by atoms with Crippen molar-refractivity contribution >= 4 is 23.7 Å². The second-order valence-corrected chi connectivity index (χ2v) is 6.00. The Balaban J connectivity index is 1.84. The molecule has 0 aromatic heterocycles. The summed E-state index contributed by atoms with van der Waals surface area (Å²) in [7, 11) is 1.57. The Morgan fingerprint density at radius 1 is 1.07 bits per heavy atom. The minimum Gasteiger partial charge on any atom is -0.493 e. The van der Waals surface area contributed by atoms with Crippen LogP contribution in [0.15, 0.2) is 53.6 Å². The van der Waals surface area contributed by atoms with E-state index in [1.54, 1.807) is 43.5 Å². The zero-order chi connectivity index (χ0) is 20.2. The molecule has 0 saturated carbocycles. The first-order valence-electron chi connectivity index (χ1n) is 9.10. The van der Waals surface area contributed by atoms with E-state index in [1.165, 1.54) is 6.21 Å². The standard InChI is InChI=1S/C21H25N3O4/c1-3-4-12-28-18-11-10-16(13-19(18)27-2)15-22-24-21(26)14-20(25)23-17-8-6-5-7-9-17/h5-11,13,15H,3-4,12,14H2,1-2H3,(H,23,25)(H,24,26). The molecule has 0 unspecified atom stereocenters. The zero-order valence-electron chi connectivity index (χ0n) is 16.1. The summed E-state index contributed by atoms with van der Waals surface area (Å²) in [5.74, 6) is 0.341. The van der Waals surface area contributed by atoms with Crippen LogP contribution in [0.1, 0.15) is 31.7 Å². The summed E-state index contributed by atoms with van der Waals surface area (Å²) in [5.41, 5.74) is 3.71. The van der Waals surface area contributed by atoms with Gasteiger partial charge < -0.3 is 14.8 Å². The number of nitrogens with zero attached hydrogens (tertiary/aromatic N) is 1. The first kappa shape index (κ1) is 21.0. The molecular formula is C21H25N3O4. The highest BCUT2D eigenvalue weighted by Crippen LogP contribution is 2.27. The smallest absolute Gasteiger partial charge is 0.249 e. The number of amides is 2. The van der Waals surface area contributed by atoms with Crippen LogP contribution in [0.2, 0.25) is 0 Å². The lowest BCUT2D eigenvalue weighted by Crippen LogP contribution is -2.24. The van der Waals surface area contributed by atoms with Gasteiger partial charge in [0.15, 0.2) is 11.5 Å². The maximum atomic E-state index is 11.8. The molecule has 2 rings (SSSR count). The fourth-order valence-electron chi connectivity index (χ4n) is 2.30. The number of carbonyl (C=O) groups excluding carboxylic acids is 2. The number of methoxy groups -OCH3 is 1. The molecule has 148 valence electrons. The van der Waals surface area contributed by atoms with Crippen LogP contribution in [0.4, 0.5) is 5.69 Å². The van der Waals surface area contributed by atoms with Crippen LogP contribution in [0, 0.1) is 0 Å². The summed E-state index contributed by atoms with van der Waals surface area (Å²) >= 11 is 0. The molecule has 2 aromatic carbocycles. The van der Waals surface area contributed by atoms with Crippen molar-refractivity contribution < 1.29 is 19.1 Å². The minimum absolute atomic E-state index is 0.320. The van der Waals surface area contributed by atoms with Gasteiger partial charge in [0.1, 0.15) is 6.42 Å². The lowest BCUT2D eigenvalue weighted by molar-refractivity contribution is -0.126. The van der Waals surface area contributed by atoms with Gasteiger partial charge in [0.05, 0.1) is 19.9 Å². The van der Waals surface area contributed by atoms with E-state index in [4.69, 9.17) is 9.47 Å². The number of nitrogens with one attached hydrogen (secondary N) is 2. The highest BCUT2D eigenvalue weighted by molar-refractivity contribution is 6.03. The molecule has 0 aliphatic rings. The Labute approximate surface area is 164 Å². The number of para-hydroxylation sites is 1. The van der Waals surface area contributed by atoms with E-state index in [0.717, 1.165) is 18.4 Å². The SMILES string of the molecule is CCCCOc1ccc(C=NNC(=O)CC(=O)Nc2ccccc2)cc1OC. The van der Waals surface area contributed by atoms with Crippen LogP contribution in [0.5, 0.6) is 11.5 Å². The molecule has 0 aliphatic heterocycles. The molecule has 0 saturated heterocycles. The summed E-state index contributed by atoms with van der Waals surface area (Å²) in [4.78, 5) is 23.7. The Hall–Kier alpha value is -3.35. The summed E-state index contributed by atoms with van der Waals surface area (Å²) < 4.78 is 11.0. The number of hydrogen-bond acceptors (Lipinski definition) is 5. The number of hydrazone groups is 1. The van der Waals surface area contributed by atoms with E-state index in [1.807, 2.05) is 12.1 Å². The van der Waals surface area contributed by atoms with Gasteiger partial charge in [0.25, 0.3) is 0 Å². The summed E-state index contributed by atoms with van der Waals surface area (Å²) in [6.07, 6.45) is 3.18. The maximum absolute atomic E-state index is 11.8. The topological polar surface area (TPSA) is 89.0 Å². The molecule has 0 aliphatic carbocycles. The van der Waals surface area contributed by atoms with Crippen molar-refractivity contribution in [2.24, 2.45) is 5.10 Å². The number of anilines is 1. The number of ether oxygens (including phenoxy) is 2. The van der Waals surface area contributed by atoms with Crippen molar-refractivity contribution in [3.63, 3.8) is 0 Å². The third-order valence-electron chi connectivity index (χ3n) is 3.72. The van der Waals surface area contributed by atoms with E-state index in [9.17, 15) is 9.59 Å². The third-order valence-corrected chi connectivity index (χ3v) is 3.72. The first-order valence-corrected chi connectivity index (χ1v) is 9.10. The van der Waals surface area contributed by atoms with Gasteiger partial charge in [-0.3, -0.25) is 9.59 Å².